The van der Waals surface area contributed by atoms with E-state index in [2.05, 4.69) is 4.90 Å². The number of amides is 1. The number of ether oxygens (including phenoxy) is 2. The number of carbonyl (C=O) groups excluding carboxylic acids is 1. The van der Waals surface area contributed by atoms with E-state index in [4.69, 9.17) is 21.1 Å². The van der Waals surface area contributed by atoms with Crippen LogP contribution >= 0.6 is 11.6 Å². The van der Waals surface area contributed by atoms with Crippen molar-refractivity contribution >= 4 is 38.9 Å². The van der Waals surface area contributed by atoms with E-state index in [1.165, 1.54) is 38.5 Å². The molecule has 8 nitrogen and oxygen atoms in total. The third-order valence-electron chi connectivity index (χ3n) is 6.41. The third-order valence-corrected chi connectivity index (χ3v) is 8.50. The summed E-state index contributed by atoms with van der Waals surface area (Å²) in [5.74, 6) is -0.122. The molecule has 0 spiro atoms. The molecule has 11 heteroatoms. The van der Waals surface area contributed by atoms with Gasteiger partial charge >= 0.3 is 0 Å². The number of piperazine rings is 1. The van der Waals surface area contributed by atoms with Gasteiger partial charge in [-0.3, -0.25) is 9.10 Å². The predicted molar refractivity (Wildman–Crippen MR) is 145 cm³/mol. The molecule has 1 aliphatic heterocycles. The zero-order chi connectivity index (χ0) is 27.4. The summed E-state index contributed by atoms with van der Waals surface area (Å²) < 4.78 is 52.8. The second-order valence-electron chi connectivity index (χ2n) is 8.83. The monoisotopic (exact) mass is 561 g/mol. The van der Waals surface area contributed by atoms with Crippen molar-refractivity contribution in [2.75, 3.05) is 56.1 Å². The van der Waals surface area contributed by atoms with Gasteiger partial charge in [0.2, 0.25) is 5.91 Å². The van der Waals surface area contributed by atoms with Crippen molar-refractivity contribution in [3.8, 4) is 11.5 Å². The standard InChI is InChI=1S/C27H29ClFN3O5S/c1-19-4-10-25(37-3)26(16-19)38(34,35)32(22-9-11-24(36-2)23(28)17-22)18-27(33)31-14-12-30(13-15-31)21-7-5-20(29)6-8-21/h4-11,16-17H,12-15,18H2,1-3H3. The van der Waals surface area contributed by atoms with Crippen LogP contribution in [0.25, 0.3) is 0 Å². The van der Waals surface area contributed by atoms with Gasteiger partial charge in [0.1, 0.15) is 28.8 Å². The van der Waals surface area contributed by atoms with Crippen molar-refractivity contribution in [1.82, 2.24) is 4.90 Å². The largest absolute Gasteiger partial charge is 0.495 e. The summed E-state index contributed by atoms with van der Waals surface area (Å²) in [5, 5.41) is 0.210. The Balaban J connectivity index is 1.62. The first-order valence-electron chi connectivity index (χ1n) is 11.9. The molecule has 3 aromatic carbocycles. The number of sulfonamides is 1. The fourth-order valence-corrected chi connectivity index (χ4v) is 6.22. The van der Waals surface area contributed by atoms with Crippen molar-refractivity contribution in [3.63, 3.8) is 0 Å². The molecule has 0 aliphatic carbocycles. The fraction of sp³-hybridized carbons (Fsp3) is 0.296. The Bertz CT molecular complexity index is 1410. The average molecular weight is 562 g/mol. The molecular formula is C27H29ClFN3O5S. The van der Waals surface area contributed by atoms with Gasteiger partial charge in [-0.15, -0.1) is 0 Å². The van der Waals surface area contributed by atoms with Gasteiger partial charge in [-0.2, -0.15) is 0 Å². The van der Waals surface area contributed by atoms with Crippen LogP contribution in [0.4, 0.5) is 15.8 Å². The fourth-order valence-electron chi connectivity index (χ4n) is 4.32. The molecule has 1 aliphatic rings. The number of hydrogen-bond donors (Lipinski definition) is 0. The Kier molecular flexibility index (Phi) is 8.32. The summed E-state index contributed by atoms with van der Waals surface area (Å²) in [7, 11) is -1.38. The summed E-state index contributed by atoms with van der Waals surface area (Å²) in [6.07, 6.45) is 0. The highest BCUT2D eigenvalue weighted by molar-refractivity contribution is 7.93. The number of carbonyl (C=O) groups is 1. The highest BCUT2D eigenvalue weighted by atomic mass is 35.5. The molecule has 4 rings (SSSR count). The molecule has 1 heterocycles. The first kappa shape index (κ1) is 27.5. The molecule has 0 saturated carbocycles. The molecule has 0 N–H and O–H groups in total. The van der Waals surface area contributed by atoms with Gasteiger partial charge in [0.05, 0.1) is 24.9 Å². The highest BCUT2D eigenvalue weighted by Gasteiger charge is 2.33. The number of nitrogens with zero attached hydrogens (tertiary/aromatic N) is 3. The van der Waals surface area contributed by atoms with Gasteiger partial charge < -0.3 is 19.3 Å². The summed E-state index contributed by atoms with van der Waals surface area (Å²) in [5.41, 5.74) is 1.81. The molecule has 1 fully saturated rings. The summed E-state index contributed by atoms with van der Waals surface area (Å²) >= 11 is 6.33. The maximum Gasteiger partial charge on any atom is 0.268 e. The van der Waals surface area contributed by atoms with Crippen LogP contribution in [0, 0.1) is 12.7 Å². The van der Waals surface area contributed by atoms with Gasteiger partial charge in [0, 0.05) is 31.9 Å². The Morgan fingerprint density at radius 2 is 1.58 bits per heavy atom. The van der Waals surface area contributed by atoms with Crippen molar-refractivity contribution in [1.29, 1.82) is 0 Å². The molecule has 3 aromatic rings. The molecule has 1 saturated heterocycles. The predicted octanol–water partition coefficient (Wildman–Crippen LogP) is 4.35. The lowest BCUT2D eigenvalue weighted by Gasteiger charge is -2.37. The molecule has 38 heavy (non-hydrogen) atoms. The Hall–Kier alpha value is -3.50. The number of benzene rings is 3. The van der Waals surface area contributed by atoms with E-state index >= 15 is 0 Å². The first-order valence-corrected chi connectivity index (χ1v) is 13.7. The van der Waals surface area contributed by atoms with E-state index in [9.17, 15) is 17.6 Å². The quantitative estimate of drug-likeness (QED) is 0.407. The second-order valence-corrected chi connectivity index (χ2v) is 11.1. The van der Waals surface area contributed by atoms with Crippen LogP contribution < -0.4 is 18.7 Å². The second kappa shape index (κ2) is 11.5. The highest BCUT2D eigenvalue weighted by Crippen LogP contribution is 2.34. The summed E-state index contributed by atoms with van der Waals surface area (Å²) in [6, 6.07) is 15.6. The minimum absolute atomic E-state index is 0.0548. The van der Waals surface area contributed by atoms with Crippen molar-refractivity contribution in [2.24, 2.45) is 0 Å². The molecule has 202 valence electrons. The van der Waals surface area contributed by atoms with Crippen molar-refractivity contribution in [3.05, 3.63) is 77.1 Å². The van der Waals surface area contributed by atoms with E-state index in [1.807, 2.05) is 0 Å². The molecule has 0 atom stereocenters. The number of rotatable bonds is 8. The van der Waals surface area contributed by atoms with Crippen LogP contribution in [0.1, 0.15) is 5.56 Å². The molecule has 0 aromatic heterocycles. The topological polar surface area (TPSA) is 79.4 Å². The Morgan fingerprint density at radius 3 is 2.18 bits per heavy atom. The Morgan fingerprint density at radius 1 is 0.947 bits per heavy atom. The maximum atomic E-state index is 14.0. The zero-order valence-corrected chi connectivity index (χ0v) is 22.9. The molecule has 0 unspecified atom stereocenters. The lowest BCUT2D eigenvalue weighted by Crippen LogP contribution is -2.52. The van der Waals surface area contributed by atoms with E-state index < -0.39 is 16.6 Å². The SMILES string of the molecule is COc1ccc(N(CC(=O)N2CCN(c3ccc(F)cc3)CC2)S(=O)(=O)c2cc(C)ccc2OC)cc1Cl. The minimum atomic E-state index is -4.23. The van der Waals surface area contributed by atoms with Crippen LogP contribution in [0.2, 0.25) is 5.02 Å². The summed E-state index contributed by atoms with van der Waals surface area (Å²) in [4.78, 5) is 17.1. The van der Waals surface area contributed by atoms with E-state index in [0.717, 1.165) is 15.6 Å². The lowest BCUT2D eigenvalue weighted by atomic mass is 10.2. The van der Waals surface area contributed by atoms with E-state index in [1.54, 1.807) is 48.2 Å². The van der Waals surface area contributed by atoms with Crippen LogP contribution in [0.15, 0.2) is 65.6 Å². The number of halogens is 2. The number of methoxy groups -OCH3 is 2. The molecule has 0 radical (unpaired) electrons. The van der Waals surface area contributed by atoms with Gasteiger partial charge in [-0.05, 0) is 67.1 Å². The average Bonchev–Trinajstić information content (AvgIpc) is 2.92. The Labute approximate surface area is 227 Å². The maximum absolute atomic E-state index is 14.0. The normalized spacial score (nSPS) is 13.8. The molecular weight excluding hydrogens is 533 g/mol. The number of aryl methyl sites for hydroxylation is 1. The van der Waals surface area contributed by atoms with E-state index in [-0.39, 0.29) is 33.1 Å². The molecule has 1 amide bonds. The van der Waals surface area contributed by atoms with Gasteiger partial charge in [0.25, 0.3) is 10.0 Å². The van der Waals surface area contributed by atoms with Gasteiger partial charge in [0.15, 0.2) is 0 Å². The third kappa shape index (κ3) is 5.81. The smallest absolute Gasteiger partial charge is 0.268 e. The zero-order valence-electron chi connectivity index (χ0n) is 21.4. The van der Waals surface area contributed by atoms with Crippen LogP contribution in [-0.2, 0) is 14.8 Å². The number of hydrogen-bond acceptors (Lipinski definition) is 6. The van der Waals surface area contributed by atoms with Crippen LogP contribution in [0.3, 0.4) is 0 Å². The molecule has 0 bridgehead atoms. The summed E-state index contributed by atoms with van der Waals surface area (Å²) in [6.45, 7) is 3.19. The van der Waals surface area contributed by atoms with Gasteiger partial charge in [-0.25, -0.2) is 12.8 Å². The van der Waals surface area contributed by atoms with Crippen molar-refractivity contribution in [2.45, 2.75) is 11.8 Å². The van der Waals surface area contributed by atoms with Crippen LogP contribution in [-0.4, -0.2) is 66.2 Å². The van der Waals surface area contributed by atoms with E-state index in [0.29, 0.717) is 31.9 Å². The minimum Gasteiger partial charge on any atom is -0.495 e. The lowest BCUT2D eigenvalue weighted by molar-refractivity contribution is -0.129. The van der Waals surface area contributed by atoms with Gasteiger partial charge in [-0.1, -0.05) is 17.7 Å². The van der Waals surface area contributed by atoms with Crippen molar-refractivity contribution < 1.29 is 27.1 Å². The number of anilines is 2. The first-order chi connectivity index (χ1) is 18.1. The van der Waals surface area contributed by atoms with Crippen LogP contribution in [0.5, 0.6) is 11.5 Å².